The summed E-state index contributed by atoms with van der Waals surface area (Å²) in [5.74, 6) is -0.543. The number of nitrogens with zero attached hydrogens (tertiary/aromatic N) is 1. The molecule has 2 N–H and O–H groups in total. The molecule has 2 aromatic rings. The highest BCUT2D eigenvalue weighted by Crippen LogP contribution is 2.50. The first-order valence-electron chi connectivity index (χ1n) is 8.43. The summed E-state index contributed by atoms with van der Waals surface area (Å²) in [6.45, 7) is 2.43. The molecule has 1 saturated carbocycles. The SMILES string of the molecule is Cc1ccc(-c2ccccc2F)c(C(=O)N2C[C@H]3C[C@H]3[C@H]2C(N)=O)c1. The lowest BCUT2D eigenvalue weighted by atomic mass is 9.96. The predicted molar refractivity (Wildman–Crippen MR) is 92.2 cm³/mol. The first-order valence-corrected chi connectivity index (χ1v) is 8.43. The number of fused-ring (bicyclic) bond motifs is 1. The van der Waals surface area contributed by atoms with Crippen molar-refractivity contribution in [3.8, 4) is 11.1 Å². The van der Waals surface area contributed by atoms with Crippen LogP contribution in [0.4, 0.5) is 4.39 Å². The van der Waals surface area contributed by atoms with Gasteiger partial charge in [-0.15, -0.1) is 0 Å². The van der Waals surface area contributed by atoms with Crippen LogP contribution in [0.1, 0.15) is 22.3 Å². The van der Waals surface area contributed by atoms with E-state index in [0.29, 0.717) is 29.2 Å². The number of benzene rings is 2. The Kier molecular flexibility index (Phi) is 3.60. The van der Waals surface area contributed by atoms with Crippen LogP contribution >= 0.6 is 0 Å². The fourth-order valence-electron chi connectivity index (χ4n) is 3.94. The number of carbonyl (C=O) groups excluding carboxylic acids is 2. The molecule has 128 valence electrons. The van der Waals surface area contributed by atoms with E-state index >= 15 is 0 Å². The number of hydrogen-bond donors (Lipinski definition) is 1. The lowest BCUT2D eigenvalue weighted by Crippen LogP contribution is -2.46. The highest BCUT2D eigenvalue weighted by atomic mass is 19.1. The molecule has 2 amide bonds. The maximum absolute atomic E-state index is 14.3. The first-order chi connectivity index (χ1) is 12.0. The van der Waals surface area contributed by atoms with Gasteiger partial charge in [0.05, 0.1) is 0 Å². The first kappa shape index (κ1) is 15.8. The minimum Gasteiger partial charge on any atom is -0.368 e. The summed E-state index contributed by atoms with van der Waals surface area (Å²) in [6, 6.07) is 11.2. The van der Waals surface area contributed by atoms with Gasteiger partial charge in [0.15, 0.2) is 0 Å². The van der Waals surface area contributed by atoms with Crippen molar-refractivity contribution in [2.75, 3.05) is 6.54 Å². The molecule has 0 aromatic heterocycles. The molecule has 25 heavy (non-hydrogen) atoms. The fraction of sp³-hybridized carbons (Fsp3) is 0.300. The van der Waals surface area contributed by atoms with Crippen molar-refractivity contribution in [3.63, 3.8) is 0 Å². The van der Waals surface area contributed by atoms with Crippen molar-refractivity contribution in [3.05, 3.63) is 59.4 Å². The summed E-state index contributed by atoms with van der Waals surface area (Å²) < 4.78 is 14.3. The van der Waals surface area contributed by atoms with Crippen molar-refractivity contribution in [1.82, 2.24) is 4.90 Å². The number of aryl methyl sites for hydroxylation is 1. The molecular formula is C20H19FN2O2. The van der Waals surface area contributed by atoms with Crippen molar-refractivity contribution in [2.45, 2.75) is 19.4 Å². The molecule has 0 bridgehead atoms. The molecule has 4 rings (SSSR count). The van der Waals surface area contributed by atoms with Crippen LogP contribution in [-0.4, -0.2) is 29.3 Å². The molecule has 4 nitrogen and oxygen atoms in total. The smallest absolute Gasteiger partial charge is 0.255 e. The van der Waals surface area contributed by atoms with Gasteiger partial charge < -0.3 is 10.6 Å². The van der Waals surface area contributed by atoms with Crippen LogP contribution in [0.2, 0.25) is 0 Å². The Morgan fingerprint density at radius 3 is 2.64 bits per heavy atom. The Morgan fingerprint density at radius 1 is 1.16 bits per heavy atom. The van der Waals surface area contributed by atoms with Gasteiger partial charge in [0, 0.05) is 17.7 Å². The second-order valence-corrected chi connectivity index (χ2v) is 6.99. The van der Waals surface area contributed by atoms with Gasteiger partial charge in [-0.25, -0.2) is 4.39 Å². The number of primary amides is 1. The highest BCUT2D eigenvalue weighted by Gasteiger charge is 2.56. The third kappa shape index (κ3) is 2.60. The van der Waals surface area contributed by atoms with E-state index in [2.05, 4.69) is 0 Å². The van der Waals surface area contributed by atoms with Crippen molar-refractivity contribution >= 4 is 11.8 Å². The number of hydrogen-bond acceptors (Lipinski definition) is 2. The summed E-state index contributed by atoms with van der Waals surface area (Å²) >= 11 is 0. The number of rotatable bonds is 3. The lowest BCUT2D eigenvalue weighted by molar-refractivity contribution is -0.122. The van der Waals surface area contributed by atoms with E-state index in [4.69, 9.17) is 5.73 Å². The Bertz CT molecular complexity index is 880. The van der Waals surface area contributed by atoms with Gasteiger partial charge in [-0.1, -0.05) is 35.9 Å². The minimum absolute atomic E-state index is 0.183. The molecule has 1 heterocycles. The zero-order valence-corrected chi connectivity index (χ0v) is 13.9. The van der Waals surface area contributed by atoms with E-state index in [9.17, 15) is 14.0 Å². The van der Waals surface area contributed by atoms with E-state index < -0.39 is 11.9 Å². The van der Waals surface area contributed by atoms with Crippen LogP contribution in [0.15, 0.2) is 42.5 Å². The molecule has 3 atom stereocenters. The quantitative estimate of drug-likeness (QED) is 0.935. The topological polar surface area (TPSA) is 63.4 Å². The highest BCUT2D eigenvalue weighted by molar-refractivity contribution is 6.03. The van der Waals surface area contributed by atoms with Gasteiger partial charge >= 0.3 is 0 Å². The van der Waals surface area contributed by atoms with Crippen LogP contribution in [-0.2, 0) is 4.79 Å². The Balaban J connectivity index is 1.78. The molecule has 1 aliphatic heterocycles. The van der Waals surface area contributed by atoms with Gasteiger partial charge in [0.25, 0.3) is 5.91 Å². The normalized spacial score (nSPS) is 24.1. The van der Waals surface area contributed by atoms with E-state index in [1.807, 2.05) is 13.0 Å². The zero-order valence-electron chi connectivity index (χ0n) is 13.9. The molecule has 1 saturated heterocycles. The van der Waals surface area contributed by atoms with Crippen molar-refractivity contribution < 1.29 is 14.0 Å². The summed E-state index contributed by atoms with van der Waals surface area (Å²) in [7, 11) is 0. The van der Waals surface area contributed by atoms with Gasteiger partial charge in [-0.2, -0.15) is 0 Å². The van der Waals surface area contributed by atoms with Gasteiger partial charge in [0.2, 0.25) is 5.91 Å². The number of carbonyl (C=O) groups is 2. The molecule has 1 aliphatic carbocycles. The third-order valence-electron chi connectivity index (χ3n) is 5.27. The average molecular weight is 338 g/mol. The zero-order chi connectivity index (χ0) is 17.7. The predicted octanol–water partition coefficient (Wildman–Crippen LogP) is 2.75. The number of amides is 2. The van der Waals surface area contributed by atoms with Crippen molar-refractivity contribution in [1.29, 1.82) is 0 Å². The minimum atomic E-state index is -0.550. The summed E-state index contributed by atoms with van der Waals surface area (Å²) in [6.07, 6.45) is 0.950. The molecule has 0 spiro atoms. The number of nitrogens with two attached hydrogens (primary N) is 1. The van der Waals surface area contributed by atoms with Crippen LogP contribution in [0.3, 0.4) is 0 Å². The molecule has 0 radical (unpaired) electrons. The largest absolute Gasteiger partial charge is 0.368 e. The Labute approximate surface area is 145 Å². The maximum atomic E-state index is 14.3. The molecule has 5 heteroatoms. The average Bonchev–Trinajstić information content (AvgIpc) is 3.24. The van der Waals surface area contributed by atoms with Crippen LogP contribution < -0.4 is 5.73 Å². The van der Waals surface area contributed by atoms with E-state index in [0.717, 1.165) is 12.0 Å². The molecule has 0 unspecified atom stereocenters. The maximum Gasteiger partial charge on any atom is 0.255 e. The van der Waals surface area contributed by atoms with Crippen LogP contribution in [0, 0.1) is 24.6 Å². The second kappa shape index (κ2) is 5.69. The standard InChI is InChI=1S/C20H19FN2O2/c1-11-6-7-13(14-4-2-3-5-17(14)21)16(8-11)20(25)23-10-12-9-15(12)18(23)19(22)24/h2-8,12,15,18H,9-10H2,1H3,(H2,22,24)/t12-,15-,18+/m1/s1. The number of halogens is 1. The van der Waals surface area contributed by atoms with Gasteiger partial charge in [0.1, 0.15) is 11.9 Å². The molecular weight excluding hydrogens is 319 g/mol. The van der Waals surface area contributed by atoms with Gasteiger partial charge in [-0.05, 0) is 42.9 Å². The molecule has 2 aliphatic rings. The van der Waals surface area contributed by atoms with Gasteiger partial charge in [-0.3, -0.25) is 9.59 Å². The fourth-order valence-corrected chi connectivity index (χ4v) is 3.94. The second-order valence-electron chi connectivity index (χ2n) is 6.99. The third-order valence-corrected chi connectivity index (χ3v) is 5.27. The number of piperidine rings is 1. The molecule has 2 aromatic carbocycles. The van der Waals surface area contributed by atoms with Crippen LogP contribution in [0.25, 0.3) is 11.1 Å². The monoisotopic (exact) mass is 338 g/mol. The summed E-state index contributed by atoms with van der Waals surface area (Å²) in [5, 5.41) is 0. The van der Waals surface area contributed by atoms with Crippen LogP contribution in [0.5, 0.6) is 0 Å². The Hall–Kier alpha value is -2.69. The van der Waals surface area contributed by atoms with E-state index in [1.54, 1.807) is 35.2 Å². The molecule has 2 fully saturated rings. The number of likely N-dealkylation sites (tertiary alicyclic amines) is 1. The summed E-state index contributed by atoms with van der Waals surface area (Å²) in [5.41, 5.74) is 7.77. The van der Waals surface area contributed by atoms with E-state index in [-0.39, 0.29) is 17.6 Å². The summed E-state index contributed by atoms with van der Waals surface area (Å²) in [4.78, 5) is 26.6. The van der Waals surface area contributed by atoms with Crippen molar-refractivity contribution in [2.24, 2.45) is 17.6 Å². The Morgan fingerprint density at radius 2 is 1.92 bits per heavy atom. The van der Waals surface area contributed by atoms with E-state index in [1.165, 1.54) is 6.07 Å². The lowest BCUT2D eigenvalue weighted by Gasteiger charge is -2.26.